The van der Waals surface area contributed by atoms with Gasteiger partial charge in [-0.05, 0) is 12.1 Å². The lowest BCUT2D eigenvalue weighted by atomic mass is 10.4. The Bertz CT molecular complexity index is 408. The number of imidazole rings is 1. The Labute approximate surface area is 75.0 Å². The van der Waals surface area contributed by atoms with Crippen molar-refractivity contribution >= 4 is 22.9 Å². The maximum absolute atomic E-state index is 5.84. The molecule has 0 aliphatic carbocycles. The SMILES string of the molecule is CNc1ncn2ccc(Cl)cc12. The van der Waals surface area contributed by atoms with E-state index in [2.05, 4.69) is 10.3 Å². The summed E-state index contributed by atoms with van der Waals surface area (Å²) in [5.41, 5.74) is 0.991. The van der Waals surface area contributed by atoms with Crippen molar-refractivity contribution < 1.29 is 0 Å². The summed E-state index contributed by atoms with van der Waals surface area (Å²) < 4.78 is 1.91. The molecule has 0 atom stereocenters. The largest absolute Gasteiger partial charge is 0.371 e. The number of fused-ring (bicyclic) bond motifs is 1. The van der Waals surface area contributed by atoms with Gasteiger partial charge in [-0.2, -0.15) is 0 Å². The fraction of sp³-hybridized carbons (Fsp3) is 0.125. The first-order valence-corrected chi connectivity index (χ1v) is 3.99. The Morgan fingerprint density at radius 1 is 1.58 bits per heavy atom. The van der Waals surface area contributed by atoms with Gasteiger partial charge in [0.25, 0.3) is 0 Å². The van der Waals surface area contributed by atoms with Crippen LogP contribution in [0, 0.1) is 0 Å². The molecule has 2 heterocycles. The number of hydrogen-bond acceptors (Lipinski definition) is 2. The maximum atomic E-state index is 5.84. The molecule has 0 aliphatic heterocycles. The molecule has 1 N–H and O–H groups in total. The molecule has 0 radical (unpaired) electrons. The molecule has 2 aromatic heterocycles. The number of pyridine rings is 1. The predicted molar refractivity (Wildman–Crippen MR) is 49.7 cm³/mol. The third kappa shape index (κ3) is 1.02. The van der Waals surface area contributed by atoms with Crippen LogP contribution in [0.3, 0.4) is 0 Å². The monoisotopic (exact) mass is 181 g/mol. The van der Waals surface area contributed by atoms with Crippen molar-refractivity contribution in [1.29, 1.82) is 0 Å². The van der Waals surface area contributed by atoms with Gasteiger partial charge < -0.3 is 9.72 Å². The summed E-state index contributed by atoms with van der Waals surface area (Å²) in [6, 6.07) is 3.70. The summed E-state index contributed by atoms with van der Waals surface area (Å²) >= 11 is 5.84. The van der Waals surface area contributed by atoms with Crippen LogP contribution in [0.2, 0.25) is 5.02 Å². The van der Waals surface area contributed by atoms with Crippen molar-refractivity contribution in [3.63, 3.8) is 0 Å². The Balaban J connectivity index is 2.75. The van der Waals surface area contributed by atoms with Crippen LogP contribution in [-0.4, -0.2) is 16.4 Å². The van der Waals surface area contributed by atoms with Gasteiger partial charge in [-0.25, -0.2) is 4.98 Å². The number of halogens is 1. The van der Waals surface area contributed by atoms with E-state index in [1.54, 1.807) is 6.33 Å². The average Bonchev–Trinajstić information content (AvgIpc) is 2.46. The van der Waals surface area contributed by atoms with Crippen LogP contribution in [0.15, 0.2) is 24.7 Å². The molecule has 2 aromatic rings. The van der Waals surface area contributed by atoms with Gasteiger partial charge in [-0.1, -0.05) is 11.6 Å². The number of anilines is 1. The molecule has 0 fully saturated rings. The smallest absolute Gasteiger partial charge is 0.151 e. The third-order valence-electron chi connectivity index (χ3n) is 1.74. The van der Waals surface area contributed by atoms with Crippen molar-refractivity contribution in [3.05, 3.63) is 29.7 Å². The van der Waals surface area contributed by atoms with Crippen LogP contribution >= 0.6 is 11.6 Å². The number of hydrogen-bond donors (Lipinski definition) is 1. The predicted octanol–water partition coefficient (Wildman–Crippen LogP) is 2.03. The number of nitrogens with one attached hydrogen (secondary N) is 1. The highest BCUT2D eigenvalue weighted by Crippen LogP contribution is 2.18. The molecule has 0 aromatic carbocycles. The van der Waals surface area contributed by atoms with Gasteiger partial charge in [0.05, 0.1) is 5.52 Å². The Hall–Kier alpha value is -1.22. The van der Waals surface area contributed by atoms with Gasteiger partial charge >= 0.3 is 0 Å². The Morgan fingerprint density at radius 3 is 3.17 bits per heavy atom. The average molecular weight is 182 g/mol. The molecule has 0 aliphatic rings. The molecular weight excluding hydrogens is 174 g/mol. The summed E-state index contributed by atoms with van der Waals surface area (Å²) in [6.45, 7) is 0. The van der Waals surface area contributed by atoms with Crippen LogP contribution in [0.1, 0.15) is 0 Å². The second-order valence-electron chi connectivity index (χ2n) is 2.48. The van der Waals surface area contributed by atoms with Gasteiger partial charge in [0, 0.05) is 18.3 Å². The summed E-state index contributed by atoms with van der Waals surface area (Å²) in [5, 5.41) is 3.71. The molecule has 0 saturated heterocycles. The zero-order valence-electron chi connectivity index (χ0n) is 6.58. The molecule has 0 bridgehead atoms. The highest BCUT2D eigenvalue weighted by molar-refractivity contribution is 6.31. The third-order valence-corrected chi connectivity index (χ3v) is 1.97. The van der Waals surface area contributed by atoms with Crippen LogP contribution in [0.25, 0.3) is 5.52 Å². The van der Waals surface area contributed by atoms with Crippen molar-refractivity contribution in [3.8, 4) is 0 Å². The molecule has 2 rings (SSSR count). The van der Waals surface area contributed by atoms with E-state index in [1.165, 1.54) is 0 Å². The van der Waals surface area contributed by atoms with Gasteiger partial charge in [0.1, 0.15) is 6.33 Å². The minimum absolute atomic E-state index is 0.722. The highest BCUT2D eigenvalue weighted by atomic mass is 35.5. The summed E-state index contributed by atoms with van der Waals surface area (Å²) in [4.78, 5) is 4.15. The normalized spacial score (nSPS) is 10.5. The van der Waals surface area contributed by atoms with Crippen molar-refractivity contribution in [2.75, 3.05) is 12.4 Å². The van der Waals surface area contributed by atoms with Crippen molar-refractivity contribution in [1.82, 2.24) is 9.38 Å². The van der Waals surface area contributed by atoms with E-state index in [4.69, 9.17) is 11.6 Å². The highest BCUT2D eigenvalue weighted by Gasteiger charge is 2.01. The second-order valence-corrected chi connectivity index (χ2v) is 2.92. The lowest BCUT2D eigenvalue weighted by Crippen LogP contribution is -1.88. The van der Waals surface area contributed by atoms with E-state index in [9.17, 15) is 0 Å². The van der Waals surface area contributed by atoms with E-state index in [1.807, 2.05) is 29.8 Å². The molecular formula is C8H8ClN3. The molecule has 0 unspecified atom stereocenters. The number of aromatic nitrogens is 2. The fourth-order valence-electron chi connectivity index (χ4n) is 1.16. The first-order valence-electron chi connectivity index (χ1n) is 3.61. The molecule has 0 spiro atoms. The lowest BCUT2D eigenvalue weighted by Gasteiger charge is -1.96. The molecule has 0 saturated carbocycles. The van der Waals surface area contributed by atoms with Crippen LogP contribution in [0.5, 0.6) is 0 Å². The Morgan fingerprint density at radius 2 is 2.42 bits per heavy atom. The second kappa shape index (κ2) is 2.68. The maximum Gasteiger partial charge on any atom is 0.151 e. The van der Waals surface area contributed by atoms with E-state index in [0.29, 0.717) is 0 Å². The van der Waals surface area contributed by atoms with E-state index in [-0.39, 0.29) is 0 Å². The fourth-order valence-corrected chi connectivity index (χ4v) is 1.31. The standard InChI is InChI=1S/C8H8ClN3/c1-10-8-7-4-6(9)2-3-12(7)5-11-8/h2-5,10H,1H3. The van der Waals surface area contributed by atoms with Gasteiger partial charge in [0.15, 0.2) is 5.82 Å². The molecule has 62 valence electrons. The zero-order chi connectivity index (χ0) is 8.55. The summed E-state index contributed by atoms with van der Waals surface area (Å²) in [7, 11) is 1.84. The van der Waals surface area contributed by atoms with Crippen LogP contribution in [-0.2, 0) is 0 Å². The summed E-state index contributed by atoms with van der Waals surface area (Å²) in [6.07, 6.45) is 3.63. The van der Waals surface area contributed by atoms with Gasteiger partial charge in [-0.3, -0.25) is 0 Å². The first-order chi connectivity index (χ1) is 5.81. The minimum atomic E-state index is 0.722. The summed E-state index contributed by atoms with van der Waals surface area (Å²) in [5.74, 6) is 0.845. The Kier molecular flexibility index (Phi) is 1.66. The van der Waals surface area contributed by atoms with E-state index in [0.717, 1.165) is 16.4 Å². The van der Waals surface area contributed by atoms with Gasteiger partial charge in [-0.15, -0.1) is 0 Å². The molecule has 12 heavy (non-hydrogen) atoms. The number of nitrogens with zero attached hydrogens (tertiary/aromatic N) is 2. The number of rotatable bonds is 1. The topological polar surface area (TPSA) is 29.3 Å². The van der Waals surface area contributed by atoms with Crippen LogP contribution < -0.4 is 5.32 Å². The van der Waals surface area contributed by atoms with Gasteiger partial charge in [0.2, 0.25) is 0 Å². The molecule has 0 amide bonds. The zero-order valence-corrected chi connectivity index (χ0v) is 7.34. The van der Waals surface area contributed by atoms with Crippen molar-refractivity contribution in [2.24, 2.45) is 0 Å². The van der Waals surface area contributed by atoms with E-state index < -0.39 is 0 Å². The molecule has 4 heteroatoms. The first kappa shape index (κ1) is 7.43. The van der Waals surface area contributed by atoms with Crippen LogP contribution in [0.4, 0.5) is 5.82 Å². The minimum Gasteiger partial charge on any atom is -0.371 e. The van der Waals surface area contributed by atoms with E-state index >= 15 is 0 Å². The lowest BCUT2D eigenvalue weighted by molar-refractivity contribution is 1.15. The van der Waals surface area contributed by atoms with Crippen molar-refractivity contribution in [2.45, 2.75) is 0 Å². The quantitative estimate of drug-likeness (QED) is 0.730. The molecule has 3 nitrogen and oxygen atoms in total.